The smallest absolute Gasteiger partial charge is 0.241 e. The molecule has 0 atom stereocenters. The van der Waals surface area contributed by atoms with Crippen LogP contribution in [-0.4, -0.2) is 5.91 Å². The fourth-order valence-corrected chi connectivity index (χ4v) is 0.825. The van der Waals surface area contributed by atoms with E-state index < -0.39 is 11.7 Å². The van der Waals surface area contributed by atoms with Gasteiger partial charge in [-0.25, -0.2) is 4.39 Å². The molecule has 0 unspecified atom stereocenters. The van der Waals surface area contributed by atoms with Crippen LogP contribution in [0.4, 0.5) is 10.1 Å². The molecule has 13 heavy (non-hydrogen) atoms. The maximum Gasteiger partial charge on any atom is 0.241 e. The molecule has 68 valence electrons. The maximum absolute atomic E-state index is 12.8. The number of carbonyl (C=O) groups excluding carboxylic acids is 1. The first-order valence-corrected chi connectivity index (χ1v) is 3.62. The third kappa shape index (κ3) is 2.59. The monoisotopic (exact) mass is 180 g/mol. The summed E-state index contributed by atoms with van der Waals surface area (Å²) in [6.45, 7) is 0. The number of anilines is 1. The zero-order valence-electron chi connectivity index (χ0n) is 6.83. The van der Waals surface area contributed by atoms with Crippen molar-refractivity contribution in [3.05, 3.63) is 35.7 Å². The Hall–Kier alpha value is -1.84. The molecule has 0 heterocycles. The summed E-state index contributed by atoms with van der Waals surface area (Å²) in [6.07, 6.45) is 2.58. The molecule has 0 aliphatic rings. The van der Waals surface area contributed by atoms with Crippen molar-refractivity contribution in [1.82, 2.24) is 0 Å². The lowest BCUT2D eigenvalue weighted by molar-refractivity contribution is -0.113. The number of amides is 1. The van der Waals surface area contributed by atoms with E-state index in [4.69, 9.17) is 11.5 Å². The maximum atomic E-state index is 12.8. The first-order valence-electron chi connectivity index (χ1n) is 3.62. The molecule has 0 spiro atoms. The van der Waals surface area contributed by atoms with Crippen LogP contribution in [0.25, 0.3) is 6.08 Å². The minimum atomic E-state index is -0.572. The highest BCUT2D eigenvalue weighted by Gasteiger charge is 1.96. The molecule has 0 fully saturated rings. The molecule has 4 heteroatoms. The number of rotatable bonds is 2. The molecule has 0 aliphatic heterocycles. The second-order valence-electron chi connectivity index (χ2n) is 2.52. The first-order chi connectivity index (χ1) is 6.09. The molecule has 0 aliphatic carbocycles. The number of nitrogens with two attached hydrogens (primary N) is 2. The second kappa shape index (κ2) is 3.71. The van der Waals surface area contributed by atoms with E-state index >= 15 is 0 Å². The van der Waals surface area contributed by atoms with Gasteiger partial charge in [0.25, 0.3) is 0 Å². The second-order valence-corrected chi connectivity index (χ2v) is 2.52. The van der Waals surface area contributed by atoms with Crippen molar-refractivity contribution in [1.29, 1.82) is 0 Å². The Morgan fingerprint density at radius 2 is 2.15 bits per heavy atom. The zero-order valence-corrected chi connectivity index (χ0v) is 6.83. The van der Waals surface area contributed by atoms with Gasteiger partial charge in [-0.1, -0.05) is 6.07 Å². The normalized spacial score (nSPS) is 10.5. The molecule has 0 saturated carbocycles. The van der Waals surface area contributed by atoms with Gasteiger partial charge in [-0.2, -0.15) is 0 Å². The Bertz CT molecular complexity index is 361. The predicted octanol–water partition coefficient (Wildman–Crippen LogP) is 0.906. The Kier molecular flexibility index (Phi) is 2.64. The lowest BCUT2D eigenvalue weighted by Crippen LogP contribution is -2.05. The topological polar surface area (TPSA) is 69.1 Å². The Morgan fingerprint density at radius 1 is 1.46 bits per heavy atom. The highest BCUT2D eigenvalue weighted by Crippen LogP contribution is 2.12. The number of primary amides is 1. The third-order valence-corrected chi connectivity index (χ3v) is 1.46. The molecular weight excluding hydrogens is 171 g/mol. The molecule has 0 aromatic heterocycles. The van der Waals surface area contributed by atoms with Gasteiger partial charge >= 0.3 is 0 Å². The van der Waals surface area contributed by atoms with Crippen molar-refractivity contribution in [3.8, 4) is 0 Å². The average Bonchev–Trinajstić information content (AvgIpc) is 2.07. The van der Waals surface area contributed by atoms with Crippen LogP contribution in [0.5, 0.6) is 0 Å². The summed E-state index contributed by atoms with van der Waals surface area (Å²) in [5, 5.41) is 0. The Balaban J connectivity index is 2.92. The lowest BCUT2D eigenvalue weighted by atomic mass is 10.2. The minimum Gasteiger partial charge on any atom is -0.396 e. The Labute approximate surface area is 74.8 Å². The predicted molar refractivity (Wildman–Crippen MR) is 49.0 cm³/mol. The number of hydrogen-bond acceptors (Lipinski definition) is 2. The van der Waals surface area contributed by atoms with E-state index in [0.29, 0.717) is 5.56 Å². The van der Waals surface area contributed by atoms with Gasteiger partial charge in [0.05, 0.1) is 5.69 Å². The van der Waals surface area contributed by atoms with Crippen LogP contribution in [-0.2, 0) is 4.79 Å². The summed E-state index contributed by atoms with van der Waals surface area (Å²) in [6, 6.07) is 4.25. The molecule has 0 bridgehead atoms. The fourth-order valence-electron chi connectivity index (χ4n) is 0.825. The summed E-state index contributed by atoms with van der Waals surface area (Å²) in [7, 11) is 0. The van der Waals surface area contributed by atoms with Gasteiger partial charge in [-0.05, 0) is 23.8 Å². The van der Waals surface area contributed by atoms with Crippen LogP contribution in [0.15, 0.2) is 24.3 Å². The lowest BCUT2D eigenvalue weighted by Gasteiger charge is -1.96. The van der Waals surface area contributed by atoms with Crippen LogP contribution in [0.2, 0.25) is 0 Å². The fraction of sp³-hybridized carbons (Fsp3) is 0. The molecule has 3 nitrogen and oxygen atoms in total. The van der Waals surface area contributed by atoms with Gasteiger partial charge in [-0.15, -0.1) is 0 Å². The highest BCUT2D eigenvalue weighted by atomic mass is 19.1. The van der Waals surface area contributed by atoms with Crippen LogP contribution in [0.3, 0.4) is 0 Å². The van der Waals surface area contributed by atoms with Gasteiger partial charge in [0.2, 0.25) is 5.91 Å². The van der Waals surface area contributed by atoms with Crippen molar-refractivity contribution < 1.29 is 9.18 Å². The number of carbonyl (C=O) groups is 1. The molecule has 1 rings (SSSR count). The first kappa shape index (κ1) is 9.25. The minimum absolute atomic E-state index is 0.0798. The van der Waals surface area contributed by atoms with Gasteiger partial charge in [0.15, 0.2) is 0 Å². The standard InChI is InChI=1S/C9H9FN2O/c10-7-5-6(1-3-8(7)11)2-4-9(12)13/h1-5H,11H2,(H2,12,13). The van der Waals surface area contributed by atoms with E-state index in [2.05, 4.69) is 0 Å². The summed E-state index contributed by atoms with van der Waals surface area (Å²) in [5.41, 5.74) is 10.7. The van der Waals surface area contributed by atoms with E-state index in [1.807, 2.05) is 0 Å². The molecule has 0 radical (unpaired) electrons. The highest BCUT2D eigenvalue weighted by molar-refractivity contribution is 5.90. The summed E-state index contributed by atoms with van der Waals surface area (Å²) < 4.78 is 12.8. The van der Waals surface area contributed by atoms with E-state index in [1.165, 1.54) is 18.2 Å². The number of halogens is 1. The van der Waals surface area contributed by atoms with Crippen molar-refractivity contribution >= 4 is 17.7 Å². The number of hydrogen-bond donors (Lipinski definition) is 2. The van der Waals surface area contributed by atoms with Crippen molar-refractivity contribution in [3.63, 3.8) is 0 Å². The summed E-state index contributed by atoms with van der Waals surface area (Å²) in [5.74, 6) is -1.08. The average molecular weight is 180 g/mol. The van der Waals surface area contributed by atoms with Gasteiger partial charge in [-0.3, -0.25) is 4.79 Å². The number of benzene rings is 1. The molecular formula is C9H9FN2O. The molecule has 1 aromatic carbocycles. The van der Waals surface area contributed by atoms with E-state index in [9.17, 15) is 9.18 Å². The SMILES string of the molecule is NC(=O)C=Cc1ccc(N)c(F)c1. The molecule has 1 amide bonds. The molecule has 0 saturated heterocycles. The van der Waals surface area contributed by atoms with E-state index in [-0.39, 0.29) is 5.69 Å². The van der Waals surface area contributed by atoms with Crippen LogP contribution >= 0.6 is 0 Å². The zero-order chi connectivity index (χ0) is 9.84. The van der Waals surface area contributed by atoms with Crippen molar-refractivity contribution in [2.45, 2.75) is 0 Å². The van der Waals surface area contributed by atoms with E-state index in [1.54, 1.807) is 6.07 Å². The largest absolute Gasteiger partial charge is 0.396 e. The summed E-state index contributed by atoms with van der Waals surface area (Å²) in [4.78, 5) is 10.3. The van der Waals surface area contributed by atoms with Crippen LogP contribution < -0.4 is 11.5 Å². The van der Waals surface area contributed by atoms with Crippen molar-refractivity contribution in [2.75, 3.05) is 5.73 Å². The number of nitrogen functional groups attached to an aromatic ring is 1. The Morgan fingerprint density at radius 3 is 2.69 bits per heavy atom. The molecule has 4 N–H and O–H groups in total. The van der Waals surface area contributed by atoms with Gasteiger partial charge < -0.3 is 11.5 Å². The van der Waals surface area contributed by atoms with Crippen molar-refractivity contribution in [2.24, 2.45) is 5.73 Å². The third-order valence-electron chi connectivity index (χ3n) is 1.46. The summed E-state index contributed by atoms with van der Waals surface area (Å²) >= 11 is 0. The van der Waals surface area contributed by atoms with E-state index in [0.717, 1.165) is 6.08 Å². The van der Waals surface area contributed by atoms with Gasteiger partial charge in [0.1, 0.15) is 5.82 Å². The molecule has 1 aromatic rings. The van der Waals surface area contributed by atoms with Gasteiger partial charge in [0, 0.05) is 6.08 Å². The quantitative estimate of drug-likeness (QED) is 0.524. The van der Waals surface area contributed by atoms with Crippen LogP contribution in [0, 0.1) is 5.82 Å². The van der Waals surface area contributed by atoms with Crippen LogP contribution in [0.1, 0.15) is 5.56 Å².